The van der Waals surface area contributed by atoms with Gasteiger partial charge in [-0.3, -0.25) is 9.59 Å². The smallest absolute Gasteiger partial charge is 0.243 e. The van der Waals surface area contributed by atoms with Gasteiger partial charge in [-0.25, -0.2) is 0 Å². The van der Waals surface area contributed by atoms with E-state index < -0.39 is 12.1 Å². The molecule has 0 saturated carbocycles. The van der Waals surface area contributed by atoms with Gasteiger partial charge in [0.05, 0.1) is 34.5 Å². The number of hydrogen-bond acceptors (Lipinski definition) is 8. The number of benzene rings is 2. The normalized spacial score (nSPS) is 12.4. The molecule has 0 spiro atoms. The van der Waals surface area contributed by atoms with Crippen LogP contribution in [-0.4, -0.2) is 57.4 Å². The van der Waals surface area contributed by atoms with Crippen LogP contribution in [0, 0.1) is 5.92 Å². The van der Waals surface area contributed by atoms with Crippen LogP contribution < -0.4 is 34.9 Å². The van der Waals surface area contributed by atoms with E-state index in [9.17, 15) is 14.7 Å². The highest BCUT2D eigenvalue weighted by Crippen LogP contribution is 2.34. The monoisotopic (exact) mass is 531 g/mol. The quantitative estimate of drug-likeness (QED) is 0.276. The highest BCUT2D eigenvalue weighted by molar-refractivity contribution is 5.90. The van der Waals surface area contributed by atoms with Gasteiger partial charge in [-0.05, 0) is 30.5 Å². The van der Waals surface area contributed by atoms with Crippen molar-refractivity contribution in [2.75, 3.05) is 28.4 Å². The first-order valence-corrected chi connectivity index (χ1v) is 12.6. The Labute approximate surface area is 225 Å². The number of aromatic hydroxyl groups is 1. The molecule has 0 bridgehead atoms. The second-order valence-electron chi connectivity index (χ2n) is 9.18. The number of carbonyl (C=O) groups is 2. The van der Waals surface area contributed by atoms with E-state index in [1.54, 1.807) is 39.5 Å². The molecule has 1 unspecified atom stereocenters. The molecule has 38 heavy (non-hydrogen) atoms. The Morgan fingerprint density at radius 3 is 2.05 bits per heavy atom. The first kappa shape index (κ1) is 30.6. The Morgan fingerprint density at radius 2 is 1.50 bits per heavy atom. The Balaban J connectivity index is 2.09. The van der Waals surface area contributed by atoms with Crippen LogP contribution in [-0.2, 0) is 22.7 Å². The van der Waals surface area contributed by atoms with Gasteiger partial charge < -0.3 is 40.0 Å². The average Bonchev–Trinajstić information content (AvgIpc) is 2.91. The molecule has 0 heterocycles. The van der Waals surface area contributed by atoms with Crippen molar-refractivity contribution < 1.29 is 33.6 Å². The molecule has 2 amide bonds. The summed E-state index contributed by atoms with van der Waals surface area (Å²) in [5, 5.41) is 19.2. The van der Waals surface area contributed by atoms with E-state index >= 15 is 0 Å². The molecule has 10 heteroatoms. The Kier molecular flexibility index (Phi) is 12.0. The molecule has 2 rings (SSSR count). The zero-order chi connectivity index (χ0) is 28.2. The predicted octanol–water partition coefficient (Wildman–Crippen LogP) is 3.14. The summed E-state index contributed by atoms with van der Waals surface area (Å²) in [4.78, 5) is 26.3. The zero-order valence-corrected chi connectivity index (χ0v) is 23.3. The number of rotatable bonds is 15. The zero-order valence-electron chi connectivity index (χ0n) is 23.3. The molecule has 0 saturated heterocycles. The van der Waals surface area contributed by atoms with Crippen LogP contribution in [0.25, 0.3) is 0 Å². The Bertz CT molecular complexity index is 1070. The predicted molar refractivity (Wildman–Crippen MR) is 145 cm³/mol. The van der Waals surface area contributed by atoms with E-state index in [-0.39, 0.29) is 30.0 Å². The number of methoxy groups -OCH3 is 4. The lowest BCUT2D eigenvalue weighted by molar-refractivity contribution is -0.131. The molecule has 2 atom stereocenters. The number of ether oxygens (including phenoxy) is 4. The van der Waals surface area contributed by atoms with Gasteiger partial charge in [-0.1, -0.05) is 27.2 Å². The molecule has 10 nitrogen and oxygen atoms in total. The summed E-state index contributed by atoms with van der Waals surface area (Å²) in [5.41, 5.74) is 1.35. The molecule has 0 aliphatic carbocycles. The van der Waals surface area contributed by atoms with Crippen molar-refractivity contribution in [1.29, 1.82) is 0 Å². The lowest BCUT2D eigenvalue weighted by Gasteiger charge is -2.25. The summed E-state index contributed by atoms with van der Waals surface area (Å²) in [6.07, 6.45) is 1.34. The summed E-state index contributed by atoms with van der Waals surface area (Å²) in [6.45, 7) is 6.19. The van der Waals surface area contributed by atoms with Crippen molar-refractivity contribution in [2.24, 2.45) is 5.92 Å². The van der Waals surface area contributed by atoms with E-state index in [0.717, 1.165) is 12.0 Å². The van der Waals surface area contributed by atoms with Crippen LogP contribution in [0.5, 0.6) is 28.7 Å². The van der Waals surface area contributed by atoms with Gasteiger partial charge in [0.25, 0.3) is 0 Å². The van der Waals surface area contributed by atoms with Gasteiger partial charge in [0, 0.05) is 36.3 Å². The lowest BCUT2D eigenvalue weighted by atomic mass is 10.0. The summed E-state index contributed by atoms with van der Waals surface area (Å²) in [7, 11) is 6.19. The molecule has 2 aromatic rings. The number of phenolic OH excluding ortho intramolecular Hbond substituents is 1. The van der Waals surface area contributed by atoms with Crippen molar-refractivity contribution in [1.82, 2.24) is 16.0 Å². The van der Waals surface area contributed by atoms with Crippen molar-refractivity contribution in [2.45, 2.75) is 58.8 Å². The van der Waals surface area contributed by atoms with Crippen LogP contribution in [0.4, 0.5) is 0 Å². The van der Waals surface area contributed by atoms with Crippen LogP contribution >= 0.6 is 0 Å². The van der Waals surface area contributed by atoms with Crippen LogP contribution in [0.2, 0.25) is 0 Å². The minimum atomic E-state index is -0.750. The van der Waals surface area contributed by atoms with Crippen molar-refractivity contribution in [3.8, 4) is 28.7 Å². The standard InChI is InChI=1S/C28H41N3O7/c1-8-9-21(29-16-19-12-24(37-6)25(38-7)14-23(19)36-5)27(33)31-26(17(2)3)28(34)30-15-18-10-11-20(35-4)13-22(18)32/h10-14,17,21,26,29,32H,8-9,15-16H2,1-7H3,(H,30,34)(H,31,33)/t21?,26-/m0/s1. The summed E-state index contributed by atoms with van der Waals surface area (Å²) < 4.78 is 21.3. The average molecular weight is 532 g/mol. The highest BCUT2D eigenvalue weighted by Gasteiger charge is 2.28. The highest BCUT2D eigenvalue weighted by atomic mass is 16.5. The Morgan fingerprint density at radius 1 is 0.842 bits per heavy atom. The topological polar surface area (TPSA) is 127 Å². The van der Waals surface area contributed by atoms with Gasteiger partial charge in [-0.2, -0.15) is 0 Å². The maximum Gasteiger partial charge on any atom is 0.243 e. The maximum absolute atomic E-state index is 13.3. The van der Waals surface area contributed by atoms with Gasteiger partial charge in [0.1, 0.15) is 23.3 Å². The van der Waals surface area contributed by atoms with Gasteiger partial charge in [-0.15, -0.1) is 0 Å². The SMILES string of the molecule is CCCC(NCc1cc(OC)c(OC)cc1OC)C(=O)N[C@H](C(=O)NCc1ccc(OC)cc1O)C(C)C. The van der Waals surface area contributed by atoms with E-state index in [0.29, 0.717) is 41.5 Å². The van der Waals surface area contributed by atoms with E-state index in [1.807, 2.05) is 26.8 Å². The van der Waals surface area contributed by atoms with E-state index in [2.05, 4.69) is 16.0 Å². The fraction of sp³-hybridized carbons (Fsp3) is 0.500. The van der Waals surface area contributed by atoms with Crippen LogP contribution in [0.3, 0.4) is 0 Å². The number of hydrogen-bond donors (Lipinski definition) is 4. The molecule has 0 radical (unpaired) electrons. The fourth-order valence-corrected chi connectivity index (χ4v) is 3.98. The molecule has 0 fully saturated rings. The molecule has 2 aromatic carbocycles. The number of phenols is 1. The second kappa shape index (κ2) is 14.9. The third-order valence-electron chi connectivity index (χ3n) is 6.21. The molecule has 4 N–H and O–H groups in total. The van der Waals surface area contributed by atoms with Crippen molar-refractivity contribution in [3.05, 3.63) is 41.5 Å². The van der Waals surface area contributed by atoms with Crippen molar-refractivity contribution in [3.63, 3.8) is 0 Å². The van der Waals surface area contributed by atoms with Crippen LogP contribution in [0.15, 0.2) is 30.3 Å². The number of nitrogens with one attached hydrogen (secondary N) is 3. The first-order valence-electron chi connectivity index (χ1n) is 12.6. The summed E-state index contributed by atoms with van der Waals surface area (Å²) >= 11 is 0. The maximum atomic E-state index is 13.3. The van der Waals surface area contributed by atoms with Crippen LogP contribution in [0.1, 0.15) is 44.7 Å². The summed E-state index contributed by atoms with van der Waals surface area (Å²) in [6, 6.07) is 7.14. The second-order valence-corrected chi connectivity index (χ2v) is 9.18. The molecule has 0 aliphatic rings. The van der Waals surface area contributed by atoms with Crippen molar-refractivity contribution >= 4 is 11.8 Å². The number of amides is 2. The Hall–Kier alpha value is -3.66. The molecule has 0 aliphatic heterocycles. The molecule has 0 aromatic heterocycles. The minimum Gasteiger partial charge on any atom is -0.507 e. The summed E-state index contributed by atoms with van der Waals surface area (Å²) in [5.74, 6) is 1.49. The van der Waals surface area contributed by atoms with Gasteiger partial charge in [0.15, 0.2) is 11.5 Å². The molecular formula is C28H41N3O7. The first-order chi connectivity index (χ1) is 18.2. The van der Waals surface area contributed by atoms with Gasteiger partial charge >= 0.3 is 0 Å². The molecular weight excluding hydrogens is 490 g/mol. The van der Waals surface area contributed by atoms with E-state index in [4.69, 9.17) is 18.9 Å². The minimum absolute atomic E-state index is 0.0209. The third-order valence-corrected chi connectivity index (χ3v) is 6.21. The van der Waals surface area contributed by atoms with Gasteiger partial charge in [0.2, 0.25) is 11.8 Å². The third kappa shape index (κ3) is 8.17. The lowest BCUT2D eigenvalue weighted by Crippen LogP contribution is -2.54. The largest absolute Gasteiger partial charge is 0.507 e. The number of carbonyl (C=O) groups excluding carboxylic acids is 2. The van der Waals surface area contributed by atoms with E-state index in [1.165, 1.54) is 13.2 Å². The molecule has 210 valence electrons. The fourth-order valence-electron chi connectivity index (χ4n) is 3.98.